The van der Waals surface area contributed by atoms with Crippen LogP contribution in [0, 0.1) is 0 Å². The van der Waals surface area contributed by atoms with Gasteiger partial charge in [0.1, 0.15) is 5.01 Å². The summed E-state index contributed by atoms with van der Waals surface area (Å²) in [5.74, 6) is 0. The molecule has 0 aromatic carbocycles. The van der Waals surface area contributed by atoms with Gasteiger partial charge in [0.2, 0.25) is 0 Å². The van der Waals surface area contributed by atoms with Crippen molar-refractivity contribution in [3.8, 4) is 0 Å². The van der Waals surface area contributed by atoms with Crippen LogP contribution in [0.4, 0.5) is 0 Å². The fourth-order valence-corrected chi connectivity index (χ4v) is 3.16. The van der Waals surface area contributed by atoms with Crippen molar-refractivity contribution in [3.05, 3.63) is 16.6 Å². The lowest BCUT2D eigenvalue weighted by Crippen LogP contribution is -2.29. The maximum Gasteiger partial charge on any atom is 0.107 e. The lowest BCUT2D eigenvalue weighted by molar-refractivity contribution is 0.264. The fourth-order valence-electron chi connectivity index (χ4n) is 1.78. The SMILES string of the molecule is BrCC1CCCN1Cc1nccs1. The van der Waals surface area contributed by atoms with Crippen molar-refractivity contribution in [1.29, 1.82) is 0 Å². The van der Waals surface area contributed by atoms with E-state index in [0.29, 0.717) is 0 Å². The molecule has 1 atom stereocenters. The number of rotatable bonds is 3. The first-order valence-electron chi connectivity index (χ1n) is 4.58. The second-order valence-corrected chi connectivity index (χ2v) is 4.97. The standard InChI is InChI=1S/C9H13BrN2S/c10-6-8-2-1-4-12(8)7-9-11-3-5-13-9/h3,5,8H,1-2,4,6-7H2. The molecule has 2 nitrogen and oxygen atoms in total. The first kappa shape index (κ1) is 9.62. The monoisotopic (exact) mass is 260 g/mol. The van der Waals surface area contributed by atoms with Gasteiger partial charge < -0.3 is 0 Å². The molecule has 1 fully saturated rings. The van der Waals surface area contributed by atoms with E-state index in [1.807, 2.05) is 6.20 Å². The van der Waals surface area contributed by atoms with Crippen molar-refractivity contribution in [1.82, 2.24) is 9.88 Å². The van der Waals surface area contributed by atoms with E-state index in [4.69, 9.17) is 0 Å². The van der Waals surface area contributed by atoms with Crippen molar-refractivity contribution in [2.45, 2.75) is 25.4 Å². The molecule has 2 heterocycles. The second kappa shape index (κ2) is 4.53. The summed E-state index contributed by atoms with van der Waals surface area (Å²) in [7, 11) is 0. The van der Waals surface area contributed by atoms with Gasteiger partial charge in [0.05, 0.1) is 6.54 Å². The summed E-state index contributed by atoms with van der Waals surface area (Å²) in [5.41, 5.74) is 0. The molecule has 1 aromatic rings. The van der Waals surface area contributed by atoms with Crippen LogP contribution in [0.25, 0.3) is 0 Å². The summed E-state index contributed by atoms with van der Waals surface area (Å²) in [6.45, 7) is 2.27. The van der Waals surface area contributed by atoms with Gasteiger partial charge >= 0.3 is 0 Å². The Morgan fingerprint density at radius 3 is 3.31 bits per heavy atom. The number of nitrogens with zero attached hydrogens (tertiary/aromatic N) is 2. The zero-order chi connectivity index (χ0) is 9.10. The molecule has 0 N–H and O–H groups in total. The number of hydrogen-bond acceptors (Lipinski definition) is 3. The molecule has 0 saturated carbocycles. The number of aromatic nitrogens is 1. The molecule has 0 radical (unpaired) electrons. The van der Waals surface area contributed by atoms with E-state index < -0.39 is 0 Å². The van der Waals surface area contributed by atoms with E-state index in [0.717, 1.165) is 17.9 Å². The Balaban J connectivity index is 1.94. The van der Waals surface area contributed by atoms with Crippen LogP contribution in [0.15, 0.2) is 11.6 Å². The molecular formula is C9H13BrN2S. The smallest absolute Gasteiger partial charge is 0.107 e. The predicted molar refractivity (Wildman–Crippen MR) is 59.3 cm³/mol. The molecule has 1 aliphatic heterocycles. The zero-order valence-electron chi connectivity index (χ0n) is 7.45. The van der Waals surface area contributed by atoms with Crippen molar-refractivity contribution in [3.63, 3.8) is 0 Å². The van der Waals surface area contributed by atoms with E-state index in [9.17, 15) is 0 Å². The summed E-state index contributed by atoms with van der Waals surface area (Å²) in [5, 5.41) is 4.39. The zero-order valence-corrected chi connectivity index (χ0v) is 9.85. The maximum atomic E-state index is 4.31. The largest absolute Gasteiger partial charge is 0.293 e. The van der Waals surface area contributed by atoms with Crippen molar-refractivity contribution in [2.24, 2.45) is 0 Å². The molecule has 0 bridgehead atoms. The third kappa shape index (κ3) is 2.30. The van der Waals surface area contributed by atoms with Gasteiger partial charge in [0.15, 0.2) is 0 Å². The van der Waals surface area contributed by atoms with Gasteiger partial charge in [-0.2, -0.15) is 0 Å². The Morgan fingerprint density at radius 1 is 1.69 bits per heavy atom. The number of likely N-dealkylation sites (tertiary alicyclic amines) is 1. The minimum atomic E-state index is 0.726. The first-order chi connectivity index (χ1) is 6.40. The maximum absolute atomic E-state index is 4.31. The molecule has 0 aliphatic carbocycles. The topological polar surface area (TPSA) is 16.1 Å². The lowest BCUT2D eigenvalue weighted by atomic mass is 10.2. The van der Waals surface area contributed by atoms with E-state index in [1.54, 1.807) is 11.3 Å². The van der Waals surface area contributed by atoms with Gasteiger partial charge in [-0.1, -0.05) is 15.9 Å². The van der Waals surface area contributed by atoms with Crippen molar-refractivity contribution < 1.29 is 0 Å². The highest BCUT2D eigenvalue weighted by Gasteiger charge is 2.23. The Hall–Kier alpha value is 0.0700. The quantitative estimate of drug-likeness (QED) is 0.777. The van der Waals surface area contributed by atoms with E-state index in [1.165, 1.54) is 24.4 Å². The van der Waals surface area contributed by atoms with Crippen LogP contribution in [-0.2, 0) is 6.54 Å². The Labute approximate surface area is 91.1 Å². The van der Waals surface area contributed by atoms with E-state index in [-0.39, 0.29) is 0 Å². The number of alkyl halides is 1. The summed E-state index contributed by atoms with van der Waals surface area (Å²) < 4.78 is 0. The number of hydrogen-bond donors (Lipinski definition) is 0. The summed E-state index contributed by atoms with van der Waals surface area (Å²) in [4.78, 5) is 6.83. The molecule has 72 valence electrons. The summed E-state index contributed by atoms with van der Waals surface area (Å²) in [6, 6.07) is 0.726. The minimum Gasteiger partial charge on any atom is -0.293 e. The van der Waals surface area contributed by atoms with Crippen LogP contribution in [-0.4, -0.2) is 27.8 Å². The fraction of sp³-hybridized carbons (Fsp3) is 0.667. The molecule has 2 rings (SSSR count). The van der Waals surface area contributed by atoms with Gasteiger partial charge in [0.25, 0.3) is 0 Å². The number of halogens is 1. The van der Waals surface area contributed by atoms with Crippen LogP contribution in [0.2, 0.25) is 0 Å². The highest BCUT2D eigenvalue weighted by Crippen LogP contribution is 2.21. The third-order valence-corrected chi connectivity index (χ3v) is 4.01. The Kier molecular flexibility index (Phi) is 3.35. The molecular weight excluding hydrogens is 248 g/mol. The molecule has 1 aromatic heterocycles. The van der Waals surface area contributed by atoms with Crippen LogP contribution in [0.1, 0.15) is 17.8 Å². The molecule has 1 saturated heterocycles. The van der Waals surface area contributed by atoms with E-state index >= 15 is 0 Å². The average molecular weight is 261 g/mol. The molecule has 1 unspecified atom stereocenters. The van der Waals surface area contributed by atoms with Crippen LogP contribution in [0.3, 0.4) is 0 Å². The first-order valence-corrected chi connectivity index (χ1v) is 6.58. The lowest BCUT2D eigenvalue weighted by Gasteiger charge is -2.20. The predicted octanol–water partition coefficient (Wildman–Crippen LogP) is 2.50. The highest BCUT2D eigenvalue weighted by molar-refractivity contribution is 9.09. The summed E-state index contributed by atoms with van der Waals surface area (Å²) >= 11 is 5.32. The Bertz CT molecular complexity index is 250. The normalized spacial score (nSPS) is 23.9. The Morgan fingerprint density at radius 2 is 2.62 bits per heavy atom. The third-order valence-electron chi connectivity index (χ3n) is 2.50. The highest BCUT2D eigenvalue weighted by atomic mass is 79.9. The molecule has 1 aliphatic rings. The van der Waals surface area contributed by atoms with E-state index in [2.05, 4.69) is 31.2 Å². The van der Waals surface area contributed by atoms with Crippen LogP contribution in [0.5, 0.6) is 0 Å². The minimum absolute atomic E-state index is 0.726. The molecule has 13 heavy (non-hydrogen) atoms. The molecule has 0 spiro atoms. The average Bonchev–Trinajstić information content (AvgIpc) is 2.76. The van der Waals surface area contributed by atoms with Crippen LogP contribution < -0.4 is 0 Å². The second-order valence-electron chi connectivity index (χ2n) is 3.35. The molecule has 0 amide bonds. The van der Waals surface area contributed by atoms with Gasteiger partial charge in [-0.05, 0) is 19.4 Å². The molecule has 4 heteroatoms. The van der Waals surface area contributed by atoms with Crippen molar-refractivity contribution in [2.75, 3.05) is 11.9 Å². The van der Waals surface area contributed by atoms with Crippen LogP contribution >= 0.6 is 27.3 Å². The van der Waals surface area contributed by atoms with Gasteiger partial charge in [-0.3, -0.25) is 4.90 Å². The number of thiazole rings is 1. The van der Waals surface area contributed by atoms with Gasteiger partial charge in [-0.15, -0.1) is 11.3 Å². The summed E-state index contributed by atoms with van der Waals surface area (Å²) in [6.07, 6.45) is 4.55. The van der Waals surface area contributed by atoms with Gasteiger partial charge in [0, 0.05) is 22.9 Å². The van der Waals surface area contributed by atoms with Gasteiger partial charge in [-0.25, -0.2) is 4.98 Å². The van der Waals surface area contributed by atoms with Crippen molar-refractivity contribution >= 4 is 27.3 Å².